The van der Waals surface area contributed by atoms with Crippen LogP contribution >= 0.6 is 15.9 Å². The molecule has 0 saturated carbocycles. The van der Waals surface area contributed by atoms with Gasteiger partial charge in [-0.05, 0) is 31.5 Å². The van der Waals surface area contributed by atoms with Gasteiger partial charge in [0.1, 0.15) is 0 Å². The van der Waals surface area contributed by atoms with Gasteiger partial charge in [-0.3, -0.25) is 4.57 Å². The van der Waals surface area contributed by atoms with Gasteiger partial charge in [-0.2, -0.15) is 0 Å². The van der Waals surface area contributed by atoms with Gasteiger partial charge in [-0.15, -0.1) is 0 Å². The van der Waals surface area contributed by atoms with E-state index >= 15 is 0 Å². The zero-order valence-electron chi connectivity index (χ0n) is 11.5. The van der Waals surface area contributed by atoms with Gasteiger partial charge in [0.2, 0.25) is 0 Å². The minimum absolute atomic E-state index is 0.350. The van der Waals surface area contributed by atoms with Crippen molar-refractivity contribution in [3.63, 3.8) is 0 Å². The van der Waals surface area contributed by atoms with Crippen LogP contribution in [-0.4, -0.2) is 24.5 Å². The summed E-state index contributed by atoms with van der Waals surface area (Å²) in [5.41, 5.74) is 1.96. The third kappa shape index (κ3) is 2.69. The molecule has 0 aliphatic carbocycles. The van der Waals surface area contributed by atoms with E-state index in [1.54, 1.807) is 19.1 Å². The quantitative estimate of drug-likeness (QED) is 0.784. The van der Waals surface area contributed by atoms with E-state index in [1.165, 1.54) is 10.8 Å². The van der Waals surface area contributed by atoms with Crippen LogP contribution < -0.4 is 5.76 Å². The second kappa shape index (κ2) is 5.37. The van der Waals surface area contributed by atoms with Crippen molar-refractivity contribution in [3.05, 3.63) is 34.3 Å². The minimum atomic E-state index is -3.16. The van der Waals surface area contributed by atoms with E-state index in [4.69, 9.17) is 4.42 Å². The molecule has 1 heterocycles. The highest BCUT2D eigenvalue weighted by atomic mass is 79.9. The molecule has 1 aromatic carbocycles. The summed E-state index contributed by atoms with van der Waals surface area (Å²) >= 11 is 3.41. The maximum atomic E-state index is 11.6. The number of alkyl halides is 1. The number of nitrogens with zero attached hydrogens (tertiary/aromatic N) is 1. The number of hydrogen-bond donors (Lipinski definition) is 0. The van der Waals surface area contributed by atoms with Crippen LogP contribution in [-0.2, 0) is 16.4 Å². The Morgan fingerprint density at radius 2 is 2.05 bits per heavy atom. The van der Waals surface area contributed by atoms with E-state index in [2.05, 4.69) is 15.9 Å². The van der Waals surface area contributed by atoms with Gasteiger partial charge in [0, 0.05) is 12.8 Å². The molecule has 0 radical (unpaired) electrons. The third-order valence-corrected chi connectivity index (χ3v) is 6.71. The Kier molecular flexibility index (Phi) is 4.11. The smallest absolute Gasteiger partial charge is 0.408 e. The molecular weight excluding hydrogens is 346 g/mol. The van der Waals surface area contributed by atoms with Crippen LogP contribution in [0.25, 0.3) is 11.1 Å². The van der Waals surface area contributed by atoms with Gasteiger partial charge in [-0.1, -0.05) is 22.0 Å². The summed E-state index contributed by atoms with van der Waals surface area (Å²) in [4.78, 5) is 11.3. The average Bonchev–Trinajstić information content (AvgIpc) is 2.69. The van der Waals surface area contributed by atoms with Crippen molar-refractivity contribution in [2.45, 2.75) is 30.5 Å². The summed E-state index contributed by atoms with van der Waals surface area (Å²) in [6, 6.07) is 5.30. The molecular formula is C13H16BrNO4S. The largest absolute Gasteiger partial charge is 0.419 e. The number of rotatable bonds is 4. The SMILES string of the molecule is CCn1c(=O)oc2cc(C(Br)C(C)S(C)(=O)=O)ccc21. The van der Waals surface area contributed by atoms with Crippen LogP contribution in [0.15, 0.2) is 27.4 Å². The normalized spacial score (nSPS) is 15.4. The molecule has 0 fully saturated rings. The van der Waals surface area contributed by atoms with E-state index in [0.29, 0.717) is 17.6 Å². The summed E-state index contributed by atoms with van der Waals surface area (Å²) in [5, 5.41) is -0.570. The lowest BCUT2D eigenvalue weighted by Gasteiger charge is -2.16. The fraction of sp³-hybridized carbons (Fsp3) is 0.462. The maximum absolute atomic E-state index is 11.6. The lowest BCUT2D eigenvalue weighted by molar-refractivity contribution is 0.513. The van der Waals surface area contributed by atoms with E-state index in [9.17, 15) is 13.2 Å². The molecule has 2 atom stereocenters. The van der Waals surface area contributed by atoms with Crippen molar-refractivity contribution >= 4 is 36.9 Å². The summed E-state index contributed by atoms with van der Waals surface area (Å²) in [5.74, 6) is -0.401. The highest BCUT2D eigenvalue weighted by Gasteiger charge is 2.25. The zero-order chi connectivity index (χ0) is 15.1. The number of sulfone groups is 1. The van der Waals surface area contributed by atoms with E-state index in [-0.39, 0.29) is 4.83 Å². The molecule has 0 saturated heterocycles. The number of hydrogen-bond acceptors (Lipinski definition) is 4. The van der Waals surface area contributed by atoms with Crippen LogP contribution in [0.4, 0.5) is 0 Å². The summed E-state index contributed by atoms with van der Waals surface area (Å²) in [6.45, 7) is 4.04. The molecule has 0 bridgehead atoms. The van der Waals surface area contributed by atoms with Gasteiger partial charge < -0.3 is 4.42 Å². The minimum Gasteiger partial charge on any atom is -0.408 e. The van der Waals surface area contributed by atoms with Gasteiger partial charge in [0.15, 0.2) is 15.4 Å². The number of aromatic nitrogens is 1. The number of aryl methyl sites for hydroxylation is 1. The fourth-order valence-corrected chi connectivity index (χ4v) is 4.09. The first-order chi connectivity index (χ1) is 9.25. The number of oxazole rings is 1. The van der Waals surface area contributed by atoms with Crippen molar-refractivity contribution in [2.75, 3.05) is 6.26 Å². The highest BCUT2D eigenvalue weighted by Crippen LogP contribution is 2.32. The standard InChI is InChI=1S/C13H16BrNO4S/c1-4-15-10-6-5-9(7-11(10)19-13(15)16)12(14)8(2)20(3,17)18/h5-8,12H,4H2,1-3H3. The van der Waals surface area contributed by atoms with Gasteiger partial charge in [0.05, 0.1) is 15.6 Å². The number of halogens is 1. The van der Waals surface area contributed by atoms with Crippen molar-refractivity contribution in [1.29, 1.82) is 0 Å². The number of fused-ring (bicyclic) bond motifs is 1. The van der Waals surface area contributed by atoms with Crippen LogP contribution in [0.3, 0.4) is 0 Å². The lowest BCUT2D eigenvalue weighted by atomic mass is 10.1. The first-order valence-electron chi connectivity index (χ1n) is 6.22. The fourth-order valence-electron chi connectivity index (χ4n) is 2.04. The molecule has 0 amide bonds. The predicted octanol–water partition coefficient (Wildman–Crippen LogP) is 2.48. The zero-order valence-corrected chi connectivity index (χ0v) is 13.9. The van der Waals surface area contributed by atoms with Crippen molar-refractivity contribution in [2.24, 2.45) is 0 Å². The second-order valence-corrected chi connectivity index (χ2v) is 8.16. The molecule has 2 aromatic rings. The topological polar surface area (TPSA) is 69.3 Å². The molecule has 0 N–H and O–H groups in total. The average molecular weight is 362 g/mol. The Labute approximate surface area is 125 Å². The molecule has 2 rings (SSSR count). The first-order valence-corrected chi connectivity index (χ1v) is 9.09. The first kappa shape index (κ1) is 15.3. The Morgan fingerprint density at radius 1 is 1.40 bits per heavy atom. The monoisotopic (exact) mass is 361 g/mol. The molecule has 0 aliphatic rings. The lowest BCUT2D eigenvalue weighted by Crippen LogP contribution is -2.20. The van der Waals surface area contributed by atoms with Crippen LogP contribution in [0.1, 0.15) is 24.2 Å². The molecule has 20 heavy (non-hydrogen) atoms. The Balaban J connectivity index is 2.50. The third-order valence-electron chi connectivity index (χ3n) is 3.41. The van der Waals surface area contributed by atoms with E-state index < -0.39 is 20.8 Å². The summed E-state index contributed by atoms with van der Waals surface area (Å²) < 4.78 is 29.9. The molecule has 0 aliphatic heterocycles. The van der Waals surface area contributed by atoms with E-state index in [1.807, 2.05) is 13.0 Å². The predicted molar refractivity (Wildman–Crippen MR) is 82.1 cm³/mol. The van der Waals surface area contributed by atoms with Crippen molar-refractivity contribution in [1.82, 2.24) is 4.57 Å². The molecule has 1 aromatic heterocycles. The van der Waals surface area contributed by atoms with Crippen molar-refractivity contribution < 1.29 is 12.8 Å². The molecule has 7 heteroatoms. The Bertz CT molecular complexity index is 790. The molecule has 110 valence electrons. The summed E-state index contributed by atoms with van der Waals surface area (Å²) in [6.07, 6.45) is 1.21. The summed E-state index contributed by atoms with van der Waals surface area (Å²) in [7, 11) is -3.16. The number of benzene rings is 1. The van der Waals surface area contributed by atoms with Crippen molar-refractivity contribution in [3.8, 4) is 0 Å². The van der Waals surface area contributed by atoms with Crippen LogP contribution in [0.5, 0.6) is 0 Å². The molecule has 5 nitrogen and oxygen atoms in total. The Morgan fingerprint density at radius 3 is 2.60 bits per heavy atom. The van der Waals surface area contributed by atoms with Crippen LogP contribution in [0, 0.1) is 0 Å². The van der Waals surface area contributed by atoms with E-state index in [0.717, 1.165) is 5.56 Å². The molecule has 2 unspecified atom stereocenters. The van der Waals surface area contributed by atoms with Crippen LogP contribution in [0.2, 0.25) is 0 Å². The van der Waals surface area contributed by atoms with Gasteiger partial charge in [-0.25, -0.2) is 13.2 Å². The molecule has 0 spiro atoms. The Hall–Kier alpha value is -1.08. The van der Waals surface area contributed by atoms with Gasteiger partial charge in [0.25, 0.3) is 0 Å². The maximum Gasteiger partial charge on any atom is 0.419 e. The highest BCUT2D eigenvalue weighted by molar-refractivity contribution is 9.09. The van der Waals surface area contributed by atoms with Gasteiger partial charge >= 0.3 is 5.76 Å². The second-order valence-electron chi connectivity index (χ2n) is 4.78.